The highest BCUT2D eigenvalue weighted by molar-refractivity contribution is 5.94. The Hall–Kier alpha value is -2.73. The van der Waals surface area contributed by atoms with Crippen LogP contribution in [0.25, 0.3) is 5.65 Å². The van der Waals surface area contributed by atoms with Crippen LogP contribution >= 0.6 is 0 Å². The molecule has 31 heavy (non-hydrogen) atoms. The van der Waals surface area contributed by atoms with E-state index in [-0.39, 0.29) is 11.9 Å². The van der Waals surface area contributed by atoms with E-state index in [0.29, 0.717) is 12.2 Å². The van der Waals surface area contributed by atoms with Gasteiger partial charge in [-0.3, -0.25) is 14.7 Å². The van der Waals surface area contributed by atoms with Gasteiger partial charge in [0.2, 0.25) is 0 Å². The molecule has 2 aliphatic rings. The molecule has 1 amide bonds. The van der Waals surface area contributed by atoms with Gasteiger partial charge >= 0.3 is 0 Å². The number of likely N-dealkylation sites (tertiary alicyclic amines) is 2. The van der Waals surface area contributed by atoms with Gasteiger partial charge in [0.15, 0.2) is 5.69 Å². The molecule has 6 nitrogen and oxygen atoms in total. The third kappa shape index (κ3) is 3.97. The van der Waals surface area contributed by atoms with Crippen LogP contribution in [0.1, 0.15) is 72.0 Å². The summed E-state index contributed by atoms with van der Waals surface area (Å²) in [6, 6.07) is 10.6. The van der Waals surface area contributed by atoms with E-state index in [1.54, 1.807) is 0 Å². The summed E-state index contributed by atoms with van der Waals surface area (Å²) < 4.78 is 2.14. The van der Waals surface area contributed by atoms with Crippen LogP contribution in [0.15, 0.2) is 42.7 Å². The highest BCUT2D eigenvalue weighted by Gasteiger charge is 2.30. The molecule has 1 atom stereocenters. The largest absolute Gasteiger partial charge is 0.337 e. The number of rotatable bonds is 4. The molecule has 0 aliphatic carbocycles. The number of fused-ring (bicyclic) bond motifs is 1. The van der Waals surface area contributed by atoms with E-state index in [1.807, 2.05) is 17.2 Å². The van der Waals surface area contributed by atoms with Crippen LogP contribution < -0.4 is 0 Å². The maximum atomic E-state index is 13.5. The number of nitrogens with zero attached hydrogens (tertiary/aromatic N) is 5. The molecule has 5 heterocycles. The fourth-order valence-electron chi connectivity index (χ4n) is 5.10. The van der Waals surface area contributed by atoms with Crippen molar-refractivity contribution >= 4 is 11.6 Å². The van der Waals surface area contributed by atoms with Gasteiger partial charge < -0.3 is 9.30 Å². The van der Waals surface area contributed by atoms with Crippen LogP contribution in [0.2, 0.25) is 0 Å². The van der Waals surface area contributed by atoms with Crippen molar-refractivity contribution in [2.24, 2.45) is 0 Å². The topological polar surface area (TPSA) is 53.7 Å². The number of hydrogen-bond acceptors (Lipinski definition) is 4. The number of pyridine rings is 2. The van der Waals surface area contributed by atoms with Crippen molar-refractivity contribution in [3.63, 3.8) is 0 Å². The molecule has 3 aromatic rings. The predicted octanol–water partition coefficient (Wildman–Crippen LogP) is 4.39. The molecular weight excluding hydrogens is 386 g/mol. The van der Waals surface area contributed by atoms with Crippen molar-refractivity contribution in [2.45, 2.75) is 58.0 Å². The first-order chi connectivity index (χ1) is 15.2. The lowest BCUT2D eigenvalue weighted by Crippen LogP contribution is -2.38. The Balaban J connectivity index is 1.53. The minimum absolute atomic E-state index is 0.0872. The Labute approximate surface area is 183 Å². The SMILES string of the molecule is Cc1cccn2c(CN3CCCC[C@H]3c3ccccn3)c(C(=O)N3CCCCC3)nc12. The molecule has 0 radical (unpaired) electrons. The first-order valence-electron chi connectivity index (χ1n) is 11.6. The van der Waals surface area contributed by atoms with Crippen LogP contribution in [0.5, 0.6) is 0 Å². The second-order valence-electron chi connectivity index (χ2n) is 8.88. The van der Waals surface area contributed by atoms with Crippen molar-refractivity contribution in [3.8, 4) is 0 Å². The minimum Gasteiger partial charge on any atom is -0.337 e. The van der Waals surface area contributed by atoms with Gasteiger partial charge in [-0.1, -0.05) is 18.6 Å². The van der Waals surface area contributed by atoms with Crippen LogP contribution in [-0.4, -0.2) is 49.7 Å². The third-order valence-corrected chi connectivity index (χ3v) is 6.79. The van der Waals surface area contributed by atoms with Crippen LogP contribution in [0.4, 0.5) is 0 Å². The normalized spacial score (nSPS) is 20.3. The number of aryl methyl sites for hydroxylation is 1. The fraction of sp³-hybridized carbons (Fsp3) is 0.480. The van der Waals surface area contributed by atoms with Gasteiger partial charge in [-0.2, -0.15) is 0 Å². The standard InChI is InChI=1S/C25H31N5O/c1-19-10-9-17-30-22(23(27-24(19)30)25(31)28-14-6-2-7-15-28)18-29-16-8-4-12-21(29)20-11-3-5-13-26-20/h3,5,9-11,13,17,21H,2,4,6-8,12,14-16,18H2,1H3/t21-/m0/s1. The number of imidazole rings is 1. The van der Waals surface area contributed by atoms with Crippen molar-refractivity contribution in [2.75, 3.05) is 19.6 Å². The van der Waals surface area contributed by atoms with Gasteiger partial charge in [0.1, 0.15) is 5.65 Å². The second kappa shape index (κ2) is 8.79. The molecule has 6 heteroatoms. The Kier molecular flexibility index (Phi) is 5.72. The molecule has 3 aromatic heterocycles. The van der Waals surface area contributed by atoms with Crippen molar-refractivity contribution < 1.29 is 4.79 Å². The third-order valence-electron chi connectivity index (χ3n) is 6.79. The van der Waals surface area contributed by atoms with Gasteiger partial charge in [-0.15, -0.1) is 0 Å². The Bertz CT molecular complexity index is 1050. The van der Waals surface area contributed by atoms with E-state index >= 15 is 0 Å². The summed E-state index contributed by atoms with van der Waals surface area (Å²) in [6.45, 7) is 5.47. The lowest BCUT2D eigenvalue weighted by atomic mass is 9.98. The molecular formula is C25H31N5O. The lowest BCUT2D eigenvalue weighted by Gasteiger charge is -2.35. The number of hydrogen-bond donors (Lipinski definition) is 0. The minimum atomic E-state index is 0.0872. The number of piperidine rings is 2. The Morgan fingerprint density at radius 3 is 2.68 bits per heavy atom. The highest BCUT2D eigenvalue weighted by Crippen LogP contribution is 2.32. The summed E-state index contributed by atoms with van der Waals surface area (Å²) >= 11 is 0. The summed E-state index contributed by atoms with van der Waals surface area (Å²) in [5.41, 5.74) is 4.75. The van der Waals surface area contributed by atoms with Crippen molar-refractivity contribution in [3.05, 3.63) is 65.4 Å². The van der Waals surface area contributed by atoms with Gasteiger partial charge in [-0.25, -0.2) is 4.98 Å². The van der Waals surface area contributed by atoms with Gasteiger partial charge in [0, 0.05) is 32.0 Å². The fourth-order valence-corrected chi connectivity index (χ4v) is 5.10. The lowest BCUT2D eigenvalue weighted by molar-refractivity contribution is 0.0713. The zero-order valence-electron chi connectivity index (χ0n) is 18.3. The summed E-state index contributed by atoms with van der Waals surface area (Å²) in [4.78, 5) is 27.5. The van der Waals surface area contributed by atoms with Crippen LogP contribution in [0.3, 0.4) is 0 Å². The first kappa shape index (κ1) is 20.2. The van der Waals surface area contributed by atoms with E-state index < -0.39 is 0 Å². The quantitative estimate of drug-likeness (QED) is 0.632. The molecule has 0 aromatic carbocycles. The van der Waals surface area contributed by atoms with E-state index in [0.717, 1.165) is 61.5 Å². The molecule has 2 fully saturated rings. The van der Waals surface area contributed by atoms with E-state index in [9.17, 15) is 4.79 Å². The monoisotopic (exact) mass is 417 g/mol. The molecule has 0 saturated carbocycles. The molecule has 5 rings (SSSR count). The zero-order valence-corrected chi connectivity index (χ0v) is 18.3. The van der Waals surface area contributed by atoms with Crippen molar-refractivity contribution in [1.82, 2.24) is 24.2 Å². The van der Waals surface area contributed by atoms with E-state index in [1.165, 1.54) is 19.3 Å². The van der Waals surface area contributed by atoms with Crippen LogP contribution in [-0.2, 0) is 6.54 Å². The van der Waals surface area contributed by atoms with Crippen LogP contribution in [0, 0.1) is 6.92 Å². The molecule has 0 unspecified atom stereocenters. The van der Waals surface area contributed by atoms with Gasteiger partial charge in [-0.05, 0) is 69.3 Å². The molecule has 0 spiro atoms. The maximum absolute atomic E-state index is 13.5. The summed E-state index contributed by atoms with van der Waals surface area (Å²) in [7, 11) is 0. The summed E-state index contributed by atoms with van der Waals surface area (Å²) in [5.74, 6) is 0.0872. The zero-order chi connectivity index (χ0) is 21.2. The average molecular weight is 418 g/mol. The first-order valence-corrected chi connectivity index (χ1v) is 11.6. The number of amides is 1. The molecule has 2 aliphatic heterocycles. The van der Waals surface area contributed by atoms with E-state index in [4.69, 9.17) is 4.98 Å². The van der Waals surface area contributed by atoms with Gasteiger partial charge in [0.25, 0.3) is 5.91 Å². The highest BCUT2D eigenvalue weighted by atomic mass is 16.2. The number of carbonyl (C=O) groups is 1. The molecule has 2 saturated heterocycles. The molecule has 162 valence electrons. The van der Waals surface area contributed by atoms with Crippen molar-refractivity contribution in [1.29, 1.82) is 0 Å². The number of aromatic nitrogens is 3. The molecule has 0 bridgehead atoms. The molecule has 0 N–H and O–H groups in total. The predicted molar refractivity (Wildman–Crippen MR) is 121 cm³/mol. The second-order valence-corrected chi connectivity index (χ2v) is 8.88. The van der Waals surface area contributed by atoms with Gasteiger partial charge in [0.05, 0.1) is 17.4 Å². The number of carbonyl (C=O) groups excluding carboxylic acids is 1. The summed E-state index contributed by atoms with van der Waals surface area (Å²) in [6.07, 6.45) is 10.8. The van der Waals surface area contributed by atoms with E-state index in [2.05, 4.69) is 51.7 Å². The summed E-state index contributed by atoms with van der Waals surface area (Å²) in [5, 5.41) is 0. The smallest absolute Gasteiger partial charge is 0.274 e. The Morgan fingerprint density at radius 2 is 1.87 bits per heavy atom. The Morgan fingerprint density at radius 1 is 1.03 bits per heavy atom. The average Bonchev–Trinajstić information content (AvgIpc) is 3.20. The maximum Gasteiger partial charge on any atom is 0.274 e.